The van der Waals surface area contributed by atoms with E-state index in [-0.39, 0.29) is 11.9 Å². The van der Waals surface area contributed by atoms with Crippen molar-refractivity contribution in [2.45, 2.75) is 18.9 Å². The normalized spacial score (nSPS) is 18.9. The molecule has 0 saturated heterocycles. The molecule has 118 valence electrons. The van der Waals surface area contributed by atoms with Crippen LogP contribution in [0.25, 0.3) is 11.1 Å². The van der Waals surface area contributed by atoms with Crippen LogP contribution in [0.3, 0.4) is 0 Å². The molecule has 0 bridgehead atoms. The zero-order valence-electron chi connectivity index (χ0n) is 12.5. The highest BCUT2D eigenvalue weighted by atomic mass is 35.5. The average Bonchev–Trinajstić information content (AvgIpc) is 2.98. The van der Waals surface area contributed by atoms with E-state index in [4.69, 9.17) is 26.8 Å². The van der Waals surface area contributed by atoms with Gasteiger partial charge in [0.05, 0.1) is 17.2 Å². The number of hydrogen-bond acceptors (Lipinski definition) is 4. The van der Waals surface area contributed by atoms with Gasteiger partial charge in [0.1, 0.15) is 17.6 Å². The molecule has 2 N–H and O–H groups in total. The fourth-order valence-electron chi connectivity index (χ4n) is 3.13. The molecule has 0 fully saturated rings. The van der Waals surface area contributed by atoms with Gasteiger partial charge in [-0.25, -0.2) is 0 Å². The standard InChI is InChI=1S/C18H16ClNO3/c19-15-7-11(5-12-6-13(9-20)23-18(12)15)10-1-2-14-16(21)3-4-22-17(14)8-10/h1-2,5,7-8,13H,3-4,6,9,20H2/t13-/m1/s1. The Labute approximate surface area is 139 Å². The molecule has 0 aromatic heterocycles. The molecule has 0 unspecified atom stereocenters. The molecule has 0 spiro atoms. The van der Waals surface area contributed by atoms with E-state index in [1.807, 2.05) is 24.3 Å². The fraction of sp³-hybridized carbons (Fsp3) is 0.278. The minimum absolute atomic E-state index is 0.0118. The Morgan fingerprint density at radius 1 is 1.22 bits per heavy atom. The molecular weight excluding hydrogens is 314 g/mol. The SMILES string of the molecule is NC[C@H]1Cc2cc(-c3ccc4c(c3)OCCC4=O)cc(Cl)c2O1. The molecule has 2 aliphatic heterocycles. The lowest BCUT2D eigenvalue weighted by Gasteiger charge is -2.17. The van der Waals surface area contributed by atoms with Crippen LogP contribution in [0.2, 0.25) is 5.02 Å². The van der Waals surface area contributed by atoms with Gasteiger partial charge in [-0.3, -0.25) is 4.79 Å². The lowest BCUT2D eigenvalue weighted by molar-refractivity contribution is 0.0933. The number of rotatable bonds is 2. The van der Waals surface area contributed by atoms with Crippen molar-refractivity contribution in [1.82, 2.24) is 0 Å². The van der Waals surface area contributed by atoms with E-state index in [1.165, 1.54) is 0 Å². The van der Waals surface area contributed by atoms with E-state index in [0.29, 0.717) is 35.9 Å². The number of ketones is 1. The third-order valence-electron chi connectivity index (χ3n) is 4.32. The molecular formula is C18H16ClNO3. The molecule has 4 rings (SSSR count). The quantitative estimate of drug-likeness (QED) is 0.918. The number of ether oxygens (including phenoxy) is 2. The highest BCUT2D eigenvalue weighted by Gasteiger charge is 2.25. The minimum atomic E-state index is -0.0118. The minimum Gasteiger partial charge on any atom is -0.492 e. The van der Waals surface area contributed by atoms with Gasteiger partial charge in [0.2, 0.25) is 0 Å². The summed E-state index contributed by atoms with van der Waals surface area (Å²) < 4.78 is 11.4. The monoisotopic (exact) mass is 329 g/mol. The number of halogens is 1. The van der Waals surface area contributed by atoms with E-state index < -0.39 is 0 Å². The summed E-state index contributed by atoms with van der Waals surface area (Å²) in [5.41, 5.74) is 9.36. The van der Waals surface area contributed by atoms with E-state index in [1.54, 1.807) is 0 Å². The number of benzene rings is 2. The van der Waals surface area contributed by atoms with Crippen LogP contribution in [0.1, 0.15) is 22.3 Å². The molecule has 5 heteroatoms. The number of fused-ring (bicyclic) bond motifs is 2. The number of nitrogens with two attached hydrogens (primary N) is 1. The Balaban J connectivity index is 1.75. The first kappa shape index (κ1) is 14.5. The third kappa shape index (κ3) is 2.48. The summed E-state index contributed by atoms with van der Waals surface area (Å²) in [6.07, 6.45) is 1.19. The molecule has 23 heavy (non-hydrogen) atoms. The summed E-state index contributed by atoms with van der Waals surface area (Å²) in [4.78, 5) is 11.9. The van der Waals surface area contributed by atoms with Crippen LogP contribution in [0.15, 0.2) is 30.3 Å². The molecule has 2 aliphatic rings. The topological polar surface area (TPSA) is 61.5 Å². The molecule has 2 heterocycles. The smallest absolute Gasteiger partial charge is 0.169 e. The zero-order chi connectivity index (χ0) is 16.0. The summed E-state index contributed by atoms with van der Waals surface area (Å²) in [5, 5.41) is 0.586. The maximum atomic E-state index is 11.9. The molecule has 4 nitrogen and oxygen atoms in total. The Morgan fingerprint density at radius 2 is 2.09 bits per heavy atom. The van der Waals surface area contributed by atoms with Crippen LogP contribution >= 0.6 is 11.6 Å². The van der Waals surface area contributed by atoms with E-state index in [2.05, 4.69) is 6.07 Å². The van der Waals surface area contributed by atoms with Gasteiger partial charge in [0.15, 0.2) is 5.78 Å². The van der Waals surface area contributed by atoms with Crippen LogP contribution in [0.4, 0.5) is 0 Å². The second kappa shape index (κ2) is 5.55. The van der Waals surface area contributed by atoms with Crippen LogP contribution < -0.4 is 15.2 Å². The van der Waals surface area contributed by atoms with Gasteiger partial charge in [0.25, 0.3) is 0 Å². The Hall–Kier alpha value is -2.04. The predicted molar refractivity (Wildman–Crippen MR) is 88.5 cm³/mol. The van der Waals surface area contributed by atoms with Crippen molar-refractivity contribution < 1.29 is 14.3 Å². The average molecular weight is 330 g/mol. The molecule has 2 aromatic rings. The Bertz CT molecular complexity index is 803. The molecule has 0 aliphatic carbocycles. The van der Waals surface area contributed by atoms with Gasteiger partial charge in [-0.1, -0.05) is 17.7 Å². The highest BCUT2D eigenvalue weighted by molar-refractivity contribution is 6.32. The van der Waals surface area contributed by atoms with Crippen molar-refractivity contribution in [2.24, 2.45) is 5.73 Å². The van der Waals surface area contributed by atoms with Gasteiger partial charge in [0, 0.05) is 24.9 Å². The van der Waals surface area contributed by atoms with Gasteiger partial charge >= 0.3 is 0 Å². The van der Waals surface area contributed by atoms with Crippen LogP contribution in [0, 0.1) is 0 Å². The van der Waals surface area contributed by atoms with Crippen molar-refractivity contribution in [3.63, 3.8) is 0 Å². The third-order valence-corrected chi connectivity index (χ3v) is 4.60. The number of Topliss-reactive ketones (excluding diaryl/α,β-unsaturated/α-hetero) is 1. The lowest BCUT2D eigenvalue weighted by Crippen LogP contribution is -2.24. The maximum Gasteiger partial charge on any atom is 0.169 e. The van der Waals surface area contributed by atoms with Crippen molar-refractivity contribution in [3.05, 3.63) is 46.5 Å². The van der Waals surface area contributed by atoms with Crippen LogP contribution in [0.5, 0.6) is 11.5 Å². The summed E-state index contributed by atoms with van der Waals surface area (Å²) in [7, 11) is 0. The first-order valence-corrected chi connectivity index (χ1v) is 8.03. The number of carbonyl (C=O) groups excluding carboxylic acids is 1. The Morgan fingerprint density at radius 3 is 2.91 bits per heavy atom. The molecule has 1 atom stereocenters. The summed E-state index contributed by atoms with van der Waals surface area (Å²) in [5.74, 6) is 1.51. The second-order valence-electron chi connectivity index (χ2n) is 5.86. The van der Waals surface area contributed by atoms with E-state index in [0.717, 1.165) is 28.9 Å². The molecule has 2 aromatic carbocycles. The zero-order valence-corrected chi connectivity index (χ0v) is 13.2. The first-order chi connectivity index (χ1) is 11.2. The molecule has 0 radical (unpaired) electrons. The summed E-state index contributed by atoms with van der Waals surface area (Å²) >= 11 is 6.36. The van der Waals surface area contributed by atoms with Gasteiger partial charge in [-0.05, 0) is 35.4 Å². The Kier molecular flexibility index (Phi) is 3.51. The van der Waals surface area contributed by atoms with Crippen LogP contribution in [-0.4, -0.2) is 25.0 Å². The van der Waals surface area contributed by atoms with Gasteiger partial charge < -0.3 is 15.2 Å². The van der Waals surface area contributed by atoms with E-state index in [9.17, 15) is 4.79 Å². The van der Waals surface area contributed by atoms with Crippen LogP contribution in [-0.2, 0) is 6.42 Å². The van der Waals surface area contributed by atoms with Crippen molar-refractivity contribution in [3.8, 4) is 22.6 Å². The van der Waals surface area contributed by atoms with Crippen molar-refractivity contribution in [2.75, 3.05) is 13.2 Å². The number of hydrogen-bond donors (Lipinski definition) is 1. The maximum absolute atomic E-state index is 11.9. The van der Waals surface area contributed by atoms with Gasteiger partial charge in [-0.15, -0.1) is 0 Å². The van der Waals surface area contributed by atoms with E-state index >= 15 is 0 Å². The molecule has 0 saturated carbocycles. The van der Waals surface area contributed by atoms with Crippen molar-refractivity contribution >= 4 is 17.4 Å². The highest BCUT2D eigenvalue weighted by Crippen LogP contribution is 2.40. The largest absolute Gasteiger partial charge is 0.492 e. The fourth-order valence-corrected chi connectivity index (χ4v) is 3.41. The summed E-state index contributed by atoms with van der Waals surface area (Å²) in [6.45, 7) is 0.904. The molecule has 0 amide bonds. The second-order valence-corrected chi connectivity index (χ2v) is 6.27. The lowest BCUT2D eigenvalue weighted by atomic mass is 9.97. The predicted octanol–water partition coefficient (Wildman–Crippen LogP) is 3.23. The summed E-state index contributed by atoms with van der Waals surface area (Å²) in [6, 6.07) is 9.61. The van der Waals surface area contributed by atoms with Crippen molar-refractivity contribution in [1.29, 1.82) is 0 Å². The number of carbonyl (C=O) groups is 1. The first-order valence-electron chi connectivity index (χ1n) is 7.65. The van der Waals surface area contributed by atoms with Gasteiger partial charge in [-0.2, -0.15) is 0 Å².